The maximum Gasteiger partial charge on any atom is 0.123 e. The number of aldehydes is 1. The van der Waals surface area contributed by atoms with Crippen LogP contribution in [0.3, 0.4) is 0 Å². The molecule has 0 radical (unpaired) electrons. The molecule has 1 nitrogen and oxygen atoms in total. The van der Waals surface area contributed by atoms with E-state index in [0.717, 1.165) is 16.9 Å². The number of hydrogen-bond acceptors (Lipinski definition) is 2. The third-order valence-electron chi connectivity index (χ3n) is 1.32. The summed E-state index contributed by atoms with van der Waals surface area (Å²) in [6.45, 7) is 4.25. The van der Waals surface area contributed by atoms with E-state index < -0.39 is 0 Å². The number of benzene rings is 1. The van der Waals surface area contributed by atoms with Crippen molar-refractivity contribution in [1.29, 1.82) is 0 Å². The Morgan fingerprint density at radius 1 is 1.33 bits per heavy atom. The number of thioether (sulfide) groups is 1. The largest absolute Gasteiger partial charge is 0.303 e. The molecule has 0 aliphatic carbocycles. The highest BCUT2D eigenvalue weighted by molar-refractivity contribution is 7.99. The van der Waals surface area contributed by atoms with Gasteiger partial charge in [-0.1, -0.05) is 20.3 Å². The molecule has 0 aliphatic rings. The Kier molecular flexibility index (Phi) is 9.18. The van der Waals surface area contributed by atoms with Gasteiger partial charge in [0.25, 0.3) is 0 Å². The average molecular weight is 230 g/mol. The predicted molar refractivity (Wildman–Crippen MR) is 65.9 cm³/mol. The molecule has 1 rings (SSSR count). The van der Waals surface area contributed by atoms with Crippen molar-refractivity contribution >= 4 is 18.0 Å². The predicted octanol–water partition coefficient (Wildman–Crippen LogP) is 4.17. The van der Waals surface area contributed by atoms with Crippen LogP contribution in [0.4, 0.5) is 4.39 Å². The molecule has 0 unspecified atom stereocenters. The third-order valence-corrected chi connectivity index (χ3v) is 2.36. The Labute approximate surface area is 96.6 Å². The SMILES string of the molecule is CCC.O=CCCSc1ccc(F)cc1.[HH]. The lowest BCUT2D eigenvalue weighted by Gasteiger charge is -1.97. The molecule has 0 saturated carbocycles. The lowest BCUT2D eigenvalue weighted by Crippen LogP contribution is -1.80. The van der Waals surface area contributed by atoms with E-state index >= 15 is 0 Å². The van der Waals surface area contributed by atoms with Crippen LogP contribution in [-0.4, -0.2) is 12.0 Å². The molecule has 0 bridgehead atoms. The van der Waals surface area contributed by atoms with Crippen LogP contribution in [-0.2, 0) is 4.79 Å². The molecule has 0 aromatic heterocycles. The highest BCUT2D eigenvalue weighted by Crippen LogP contribution is 2.18. The van der Waals surface area contributed by atoms with E-state index in [4.69, 9.17) is 0 Å². The molecule has 0 spiro atoms. The van der Waals surface area contributed by atoms with Crippen molar-refractivity contribution in [3.8, 4) is 0 Å². The molecule has 0 fully saturated rings. The topological polar surface area (TPSA) is 17.1 Å². The standard InChI is InChI=1S/C9H9FOS.C3H8.H2/c10-8-2-4-9(5-3-8)12-7-1-6-11;1-3-2;/h2-6H,1,7H2;3H2,1-2H3;1H. The molecule has 0 N–H and O–H groups in total. The molecule has 1 aromatic carbocycles. The van der Waals surface area contributed by atoms with Gasteiger partial charge in [-0.15, -0.1) is 11.8 Å². The van der Waals surface area contributed by atoms with Crippen LogP contribution in [0.2, 0.25) is 0 Å². The second-order valence-corrected chi connectivity index (χ2v) is 4.13. The Balaban J connectivity index is 0. The monoisotopic (exact) mass is 230 g/mol. The van der Waals surface area contributed by atoms with Gasteiger partial charge < -0.3 is 4.79 Å². The van der Waals surface area contributed by atoms with E-state index in [1.165, 1.54) is 18.6 Å². The van der Waals surface area contributed by atoms with Gasteiger partial charge in [0.1, 0.15) is 12.1 Å². The summed E-state index contributed by atoms with van der Waals surface area (Å²) >= 11 is 1.56. The van der Waals surface area contributed by atoms with Gasteiger partial charge >= 0.3 is 0 Å². The summed E-state index contributed by atoms with van der Waals surface area (Å²) in [6.07, 6.45) is 2.68. The zero-order chi connectivity index (χ0) is 11.5. The summed E-state index contributed by atoms with van der Waals surface area (Å²) in [7, 11) is 0. The smallest absolute Gasteiger partial charge is 0.123 e. The molecule has 0 saturated heterocycles. The molecule has 1 aromatic rings. The first-order chi connectivity index (χ1) is 7.24. The lowest BCUT2D eigenvalue weighted by atomic mass is 10.4. The van der Waals surface area contributed by atoms with Gasteiger partial charge in [-0.05, 0) is 24.3 Å². The first-order valence-electron chi connectivity index (χ1n) is 5.06. The molecule has 3 heteroatoms. The number of carbonyl (C=O) groups excluding carboxylic acids is 1. The molecule has 0 atom stereocenters. The fourth-order valence-corrected chi connectivity index (χ4v) is 1.53. The normalized spacial score (nSPS) is 9.00. The molecule has 0 amide bonds. The van der Waals surface area contributed by atoms with Crippen molar-refractivity contribution in [2.75, 3.05) is 5.75 Å². The second kappa shape index (κ2) is 9.71. The van der Waals surface area contributed by atoms with Crippen LogP contribution in [0, 0.1) is 5.82 Å². The van der Waals surface area contributed by atoms with Crippen molar-refractivity contribution in [1.82, 2.24) is 0 Å². The van der Waals surface area contributed by atoms with Crippen molar-refractivity contribution in [3.63, 3.8) is 0 Å². The van der Waals surface area contributed by atoms with Crippen molar-refractivity contribution in [3.05, 3.63) is 30.1 Å². The van der Waals surface area contributed by atoms with Gasteiger partial charge in [0, 0.05) is 18.5 Å². The maximum absolute atomic E-state index is 12.4. The van der Waals surface area contributed by atoms with Gasteiger partial charge in [-0.3, -0.25) is 0 Å². The van der Waals surface area contributed by atoms with E-state index in [-0.39, 0.29) is 7.24 Å². The summed E-state index contributed by atoms with van der Waals surface area (Å²) < 4.78 is 12.4. The van der Waals surface area contributed by atoms with Crippen LogP contribution < -0.4 is 0 Å². The van der Waals surface area contributed by atoms with Crippen LogP contribution >= 0.6 is 11.8 Å². The quantitative estimate of drug-likeness (QED) is 0.439. The van der Waals surface area contributed by atoms with Gasteiger partial charge in [-0.2, -0.15) is 0 Å². The highest BCUT2D eigenvalue weighted by atomic mass is 32.2. The fraction of sp³-hybridized carbons (Fsp3) is 0.417. The van der Waals surface area contributed by atoms with Gasteiger partial charge in [0.2, 0.25) is 0 Å². The summed E-state index contributed by atoms with van der Waals surface area (Å²) in [5, 5.41) is 0. The lowest BCUT2D eigenvalue weighted by molar-refractivity contribution is -0.107. The molecule has 15 heavy (non-hydrogen) atoms. The first-order valence-corrected chi connectivity index (χ1v) is 6.05. The Bertz CT molecular complexity index is 264. The molecule has 86 valence electrons. The van der Waals surface area contributed by atoms with Crippen molar-refractivity contribution in [2.45, 2.75) is 31.6 Å². The minimum Gasteiger partial charge on any atom is -0.303 e. The van der Waals surface area contributed by atoms with E-state index in [1.54, 1.807) is 23.9 Å². The Hall–Kier alpha value is -0.830. The van der Waals surface area contributed by atoms with E-state index in [9.17, 15) is 9.18 Å². The van der Waals surface area contributed by atoms with E-state index in [1.807, 2.05) is 0 Å². The third kappa shape index (κ3) is 8.18. The van der Waals surface area contributed by atoms with Gasteiger partial charge in [0.15, 0.2) is 0 Å². The zero-order valence-corrected chi connectivity index (χ0v) is 10.0. The number of carbonyl (C=O) groups is 1. The van der Waals surface area contributed by atoms with Crippen molar-refractivity contribution < 1.29 is 10.6 Å². The first kappa shape index (κ1) is 14.2. The Morgan fingerprint density at radius 2 is 1.87 bits per heavy atom. The van der Waals surface area contributed by atoms with Crippen LogP contribution in [0.1, 0.15) is 28.1 Å². The summed E-state index contributed by atoms with van der Waals surface area (Å²) in [5.74, 6) is 0.532. The van der Waals surface area contributed by atoms with Crippen LogP contribution in [0.15, 0.2) is 29.2 Å². The highest BCUT2D eigenvalue weighted by Gasteiger charge is 1.93. The molecule has 0 heterocycles. The average Bonchev–Trinajstić information content (AvgIpc) is 2.23. The Morgan fingerprint density at radius 3 is 2.33 bits per heavy atom. The maximum atomic E-state index is 12.4. The molecule has 0 aliphatic heterocycles. The number of rotatable bonds is 4. The zero-order valence-electron chi connectivity index (χ0n) is 9.20. The number of hydrogen-bond donors (Lipinski definition) is 0. The summed E-state index contributed by atoms with van der Waals surface area (Å²) in [4.78, 5) is 11.0. The summed E-state index contributed by atoms with van der Waals surface area (Å²) in [6, 6.07) is 6.27. The minimum atomic E-state index is -0.227. The van der Waals surface area contributed by atoms with Crippen LogP contribution in [0.5, 0.6) is 0 Å². The van der Waals surface area contributed by atoms with Gasteiger partial charge in [0.05, 0.1) is 0 Å². The van der Waals surface area contributed by atoms with E-state index in [0.29, 0.717) is 6.42 Å². The summed E-state index contributed by atoms with van der Waals surface area (Å²) in [5.41, 5.74) is 0. The van der Waals surface area contributed by atoms with Crippen LogP contribution in [0.25, 0.3) is 0 Å². The molecular formula is C12H19FOS. The second-order valence-electron chi connectivity index (χ2n) is 2.96. The minimum absolute atomic E-state index is 0. The van der Waals surface area contributed by atoms with Gasteiger partial charge in [-0.25, -0.2) is 4.39 Å². The van der Waals surface area contributed by atoms with Crippen molar-refractivity contribution in [2.24, 2.45) is 0 Å². The fourth-order valence-electron chi connectivity index (χ4n) is 0.756. The number of halogens is 1. The van der Waals surface area contributed by atoms with E-state index in [2.05, 4.69) is 13.8 Å². The molecular weight excluding hydrogens is 211 g/mol.